The van der Waals surface area contributed by atoms with Crippen molar-refractivity contribution in [2.45, 2.75) is 0 Å². The molecule has 2 amide bonds. The highest BCUT2D eigenvalue weighted by atomic mass is 32.1. The molecule has 1 aliphatic heterocycles. The first-order chi connectivity index (χ1) is 18.0. The van der Waals surface area contributed by atoms with Gasteiger partial charge in [-0.25, -0.2) is 9.97 Å². The van der Waals surface area contributed by atoms with Crippen molar-refractivity contribution in [3.63, 3.8) is 0 Å². The molecule has 3 heterocycles. The van der Waals surface area contributed by atoms with Crippen LogP contribution in [0.2, 0.25) is 0 Å². The largest absolute Gasteiger partial charge is 0.497 e. The van der Waals surface area contributed by atoms with Crippen molar-refractivity contribution in [3.05, 3.63) is 77.8 Å². The van der Waals surface area contributed by atoms with Gasteiger partial charge in [-0.05, 0) is 55.6 Å². The number of piperazine rings is 1. The molecule has 2 aromatic heterocycles. The van der Waals surface area contributed by atoms with Gasteiger partial charge in [0.1, 0.15) is 5.75 Å². The van der Waals surface area contributed by atoms with Crippen LogP contribution < -0.4 is 20.3 Å². The fourth-order valence-corrected chi connectivity index (χ4v) is 4.86. The minimum atomic E-state index is -0.202. The van der Waals surface area contributed by atoms with Gasteiger partial charge in [0.2, 0.25) is 11.9 Å². The second kappa shape index (κ2) is 10.8. The maximum Gasteiger partial charge on any atom is 0.265 e. The molecule has 10 heteroatoms. The van der Waals surface area contributed by atoms with Crippen molar-refractivity contribution in [2.75, 3.05) is 49.3 Å². The average Bonchev–Trinajstić information content (AvgIpc) is 3.40. The standard InChI is InChI=1S/C27H26N6O3S/c1-32-13-14-33(25(34)17-32)20-7-3-5-18(15-20)30-27-28-12-11-22(31-27)23-9-10-24(37-23)26(35)29-19-6-4-8-21(16-19)36-2/h3-12,15-16H,13-14,17H2,1-2H3,(H,29,35)(H,28,30,31). The Morgan fingerprint density at radius 2 is 1.86 bits per heavy atom. The number of hydrogen-bond donors (Lipinski definition) is 2. The normalized spacial score (nSPS) is 13.9. The predicted octanol–water partition coefficient (Wildman–Crippen LogP) is 4.49. The fourth-order valence-electron chi connectivity index (χ4n) is 3.99. The number of hydrogen-bond acceptors (Lipinski definition) is 8. The van der Waals surface area contributed by atoms with Crippen LogP contribution in [-0.4, -0.2) is 60.5 Å². The van der Waals surface area contributed by atoms with E-state index in [2.05, 4.69) is 20.6 Å². The van der Waals surface area contributed by atoms with Gasteiger partial charge < -0.3 is 20.3 Å². The molecule has 4 aromatic rings. The first-order valence-electron chi connectivity index (χ1n) is 11.7. The number of amides is 2. The minimum absolute atomic E-state index is 0.0769. The highest BCUT2D eigenvalue weighted by Gasteiger charge is 2.23. The summed E-state index contributed by atoms with van der Waals surface area (Å²) in [6.07, 6.45) is 1.67. The summed E-state index contributed by atoms with van der Waals surface area (Å²) in [5.74, 6) is 0.974. The van der Waals surface area contributed by atoms with Crippen LogP contribution in [0.15, 0.2) is 72.9 Å². The number of carbonyl (C=O) groups excluding carboxylic acids is 2. The maximum absolute atomic E-state index is 12.8. The van der Waals surface area contributed by atoms with E-state index in [-0.39, 0.29) is 11.8 Å². The molecular weight excluding hydrogens is 488 g/mol. The minimum Gasteiger partial charge on any atom is -0.497 e. The Kier molecular flexibility index (Phi) is 7.11. The average molecular weight is 515 g/mol. The number of benzene rings is 2. The molecule has 0 unspecified atom stereocenters. The van der Waals surface area contributed by atoms with Gasteiger partial charge in [0.25, 0.3) is 5.91 Å². The molecule has 1 fully saturated rings. The topological polar surface area (TPSA) is 99.7 Å². The maximum atomic E-state index is 12.8. The van der Waals surface area contributed by atoms with Gasteiger partial charge in [-0.1, -0.05) is 12.1 Å². The monoisotopic (exact) mass is 514 g/mol. The lowest BCUT2D eigenvalue weighted by Crippen LogP contribution is -2.48. The Morgan fingerprint density at radius 3 is 2.70 bits per heavy atom. The SMILES string of the molecule is COc1cccc(NC(=O)c2ccc(-c3ccnc(Nc4cccc(N5CCN(C)CC5=O)c4)n3)s2)c1. The lowest BCUT2D eigenvalue weighted by Gasteiger charge is -2.32. The molecule has 0 aliphatic carbocycles. The number of likely N-dealkylation sites (N-methyl/N-ethyl adjacent to an activating group) is 1. The molecule has 5 rings (SSSR count). The van der Waals surface area contributed by atoms with Crippen molar-refractivity contribution in [1.29, 1.82) is 0 Å². The number of nitrogens with one attached hydrogen (secondary N) is 2. The third kappa shape index (κ3) is 5.76. The molecule has 0 radical (unpaired) electrons. The van der Waals surface area contributed by atoms with E-state index in [4.69, 9.17) is 4.74 Å². The van der Waals surface area contributed by atoms with Gasteiger partial charge in [0, 0.05) is 42.4 Å². The molecular formula is C27H26N6O3S. The van der Waals surface area contributed by atoms with Gasteiger partial charge in [-0.2, -0.15) is 0 Å². The van der Waals surface area contributed by atoms with Crippen LogP contribution in [0.3, 0.4) is 0 Å². The zero-order chi connectivity index (χ0) is 25.8. The summed E-state index contributed by atoms with van der Waals surface area (Å²) >= 11 is 1.35. The number of aromatic nitrogens is 2. The van der Waals surface area contributed by atoms with Crippen molar-refractivity contribution in [2.24, 2.45) is 0 Å². The highest BCUT2D eigenvalue weighted by molar-refractivity contribution is 7.17. The predicted molar refractivity (Wildman–Crippen MR) is 146 cm³/mol. The molecule has 1 saturated heterocycles. The van der Waals surface area contributed by atoms with E-state index in [1.807, 2.05) is 60.5 Å². The molecule has 188 valence electrons. The summed E-state index contributed by atoms with van der Waals surface area (Å²) < 4.78 is 5.22. The van der Waals surface area contributed by atoms with Crippen LogP contribution in [0.5, 0.6) is 5.75 Å². The third-order valence-electron chi connectivity index (χ3n) is 5.89. The number of ether oxygens (including phenoxy) is 1. The first-order valence-corrected chi connectivity index (χ1v) is 12.5. The zero-order valence-electron chi connectivity index (χ0n) is 20.5. The second-order valence-electron chi connectivity index (χ2n) is 8.57. The zero-order valence-corrected chi connectivity index (χ0v) is 21.3. The summed E-state index contributed by atoms with van der Waals surface area (Å²) in [4.78, 5) is 39.4. The number of rotatable bonds is 7. The third-order valence-corrected chi connectivity index (χ3v) is 7.00. The Hall–Kier alpha value is -4.28. The summed E-state index contributed by atoms with van der Waals surface area (Å²) in [6, 6.07) is 20.3. The Morgan fingerprint density at radius 1 is 1.03 bits per heavy atom. The lowest BCUT2D eigenvalue weighted by atomic mass is 10.2. The fraction of sp³-hybridized carbons (Fsp3) is 0.185. The summed E-state index contributed by atoms with van der Waals surface area (Å²) in [5, 5.41) is 6.13. The lowest BCUT2D eigenvalue weighted by molar-refractivity contribution is -0.120. The summed E-state index contributed by atoms with van der Waals surface area (Å²) in [7, 11) is 3.53. The van der Waals surface area contributed by atoms with Crippen molar-refractivity contribution < 1.29 is 14.3 Å². The van der Waals surface area contributed by atoms with Gasteiger partial charge in [0.05, 0.1) is 29.1 Å². The van der Waals surface area contributed by atoms with Crippen LogP contribution in [0, 0.1) is 0 Å². The number of nitrogens with zero attached hydrogens (tertiary/aromatic N) is 4. The molecule has 0 saturated carbocycles. The van der Waals surface area contributed by atoms with E-state index in [0.29, 0.717) is 41.0 Å². The van der Waals surface area contributed by atoms with Crippen LogP contribution in [0.4, 0.5) is 23.0 Å². The van der Waals surface area contributed by atoms with Gasteiger partial charge >= 0.3 is 0 Å². The molecule has 0 spiro atoms. The quantitative estimate of drug-likeness (QED) is 0.375. The number of thiophene rings is 1. The van der Waals surface area contributed by atoms with E-state index in [9.17, 15) is 9.59 Å². The highest BCUT2D eigenvalue weighted by Crippen LogP contribution is 2.29. The summed E-state index contributed by atoms with van der Waals surface area (Å²) in [5.41, 5.74) is 2.98. The van der Waals surface area contributed by atoms with E-state index in [1.165, 1.54) is 11.3 Å². The van der Waals surface area contributed by atoms with Gasteiger partial charge in [0.15, 0.2) is 0 Å². The molecule has 2 aromatic carbocycles. The molecule has 0 bridgehead atoms. The molecule has 1 aliphatic rings. The smallest absolute Gasteiger partial charge is 0.265 e. The van der Waals surface area contributed by atoms with E-state index in [1.54, 1.807) is 36.4 Å². The first kappa shape index (κ1) is 24.4. The van der Waals surface area contributed by atoms with Crippen LogP contribution in [-0.2, 0) is 4.79 Å². The molecule has 0 atom stereocenters. The second-order valence-corrected chi connectivity index (χ2v) is 9.66. The Labute approximate surface area is 218 Å². The Balaban J connectivity index is 1.29. The molecule has 9 nitrogen and oxygen atoms in total. The number of methoxy groups -OCH3 is 1. The van der Waals surface area contributed by atoms with Crippen molar-refractivity contribution in [3.8, 4) is 16.3 Å². The molecule has 2 N–H and O–H groups in total. The van der Waals surface area contributed by atoms with Crippen molar-refractivity contribution >= 4 is 46.2 Å². The number of carbonyl (C=O) groups is 2. The number of anilines is 4. The summed E-state index contributed by atoms with van der Waals surface area (Å²) in [6.45, 7) is 1.88. The Bertz CT molecular complexity index is 1440. The van der Waals surface area contributed by atoms with Gasteiger partial charge in [-0.3, -0.25) is 14.5 Å². The van der Waals surface area contributed by atoms with Crippen LogP contribution in [0.25, 0.3) is 10.6 Å². The van der Waals surface area contributed by atoms with Crippen LogP contribution >= 0.6 is 11.3 Å². The molecule has 37 heavy (non-hydrogen) atoms. The van der Waals surface area contributed by atoms with E-state index >= 15 is 0 Å². The van der Waals surface area contributed by atoms with Gasteiger partial charge in [-0.15, -0.1) is 11.3 Å². The van der Waals surface area contributed by atoms with Crippen LogP contribution in [0.1, 0.15) is 9.67 Å². The van der Waals surface area contributed by atoms with Crippen molar-refractivity contribution in [1.82, 2.24) is 14.9 Å². The van der Waals surface area contributed by atoms with E-state index in [0.717, 1.165) is 22.8 Å². The van der Waals surface area contributed by atoms with E-state index < -0.39 is 0 Å².